The molecule has 0 aromatic carbocycles. The highest BCUT2D eigenvalue weighted by Crippen LogP contribution is 2.25. The summed E-state index contributed by atoms with van der Waals surface area (Å²) in [6.07, 6.45) is 0. The van der Waals surface area contributed by atoms with Gasteiger partial charge in [0.1, 0.15) is 0 Å². The molecule has 0 aliphatic rings. The largest absolute Gasteiger partial charge is 0.522 e. The lowest BCUT2D eigenvalue weighted by Crippen LogP contribution is -2.32. The van der Waals surface area contributed by atoms with E-state index in [4.69, 9.17) is 0 Å². The van der Waals surface area contributed by atoms with Crippen LogP contribution < -0.4 is 0 Å². The predicted octanol–water partition coefficient (Wildman–Crippen LogP) is -0.128. The molecule has 4 radical (unpaired) electrons. The Bertz CT molecular complexity index is 429. The van der Waals surface area contributed by atoms with E-state index in [2.05, 4.69) is 7.74 Å². The van der Waals surface area contributed by atoms with Crippen LogP contribution in [-0.4, -0.2) is 46.4 Å². The highest BCUT2D eigenvalue weighted by atomic mass is 32.2. The zero-order chi connectivity index (χ0) is 14.8. The van der Waals surface area contributed by atoms with Crippen LogP contribution in [0.15, 0.2) is 0 Å². The van der Waals surface area contributed by atoms with Gasteiger partial charge in [-0.1, -0.05) is 0 Å². The second kappa shape index (κ2) is 5.45. The average Bonchev–Trinajstić information content (AvgIpc) is 2.08. The molecule has 0 spiro atoms. The van der Waals surface area contributed by atoms with Gasteiger partial charge in [-0.25, -0.2) is 0 Å². The van der Waals surface area contributed by atoms with Gasteiger partial charge in [0, 0.05) is 0 Å². The van der Waals surface area contributed by atoms with E-state index < -0.39 is 49.8 Å². The first kappa shape index (κ1) is 17.8. The van der Waals surface area contributed by atoms with Crippen molar-refractivity contribution in [3.63, 3.8) is 0 Å². The summed E-state index contributed by atoms with van der Waals surface area (Å²) in [5, 5.41) is 0. The number of alkyl halides is 6. The monoisotopic (exact) mass is 354 g/mol. The van der Waals surface area contributed by atoms with Crippen molar-refractivity contribution in [3.8, 4) is 0 Å². The third-order valence-corrected chi connectivity index (χ3v) is 6.30. The minimum atomic E-state index is -5.99. The van der Waals surface area contributed by atoms with Crippen LogP contribution in [0.5, 0.6) is 0 Å². The van der Waals surface area contributed by atoms with Crippen molar-refractivity contribution < 1.29 is 50.9 Å². The molecule has 0 heterocycles. The van der Waals surface area contributed by atoms with E-state index in [0.29, 0.717) is 0 Å². The summed E-state index contributed by atoms with van der Waals surface area (Å²) in [7, 11) is -15.5. The third-order valence-electron chi connectivity index (χ3n) is 0.911. The molecule has 18 heavy (non-hydrogen) atoms. The summed E-state index contributed by atoms with van der Waals surface area (Å²) in [6, 6.07) is 0. The Kier molecular flexibility index (Phi) is 5.40. The Balaban J connectivity index is 4.36. The van der Waals surface area contributed by atoms with Crippen molar-refractivity contribution >= 4 is 38.8 Å². The molecule has 0 rings (SSSR count). The number of rotatable bonds is 5. The molecule has 0 atom stereocenters. The van der Waals surface area contributed by atoms with Crippen molar-refractivity contribution in [1.29, 1.82) is 0 Å². The van der Waals surface area contributed by atoms with Gasteiger partial charge < -0.3 is 7.74 Å². The fourth-order valence-corrected chi connectivity index (χ4v) is 4.73. The molecule has 0 fully saturated rings. The summed E-state index contributed by atoms with van der Waals surface area (Å²) in [5.41, 5.74) is -11.5. The topological polar surface area (TPSA) is 86.7 Å². The molecular weight excluding hydrogens is 354 g/mol. The number of hydrogen-bond donors (Lipinski definition) is 0. The molecule has 0 aromatic rings. The fraction of sp³-hybridized carbons (Fsp3) is 1.00. The first-order valence-corrected chi connectivity index (χ1v) is 8.83. The molecule has 0 aliphatic heterocycles. The molecule has 0 aromatic heterocycles. The molecule has 0 amide bonds. The van der Waals surface area contributed by atoms with Gasteiger partial charge in [-0.05, 0) is 0 Å². The Labute approximate surface area is 101 Å². The minimum absolute atomic E-state index is 1.77. The Morgan fingerprint density at radius 2 is 0.889 bits per heavy atom. The van der Waals surface area contributed by atoms with Crippen LogP contribution >= 0.6 is 0 Å². The van der Waals surface area contributed by atoms with E-state index in [1.165, 1.54) is 0 Å². The average molecular weight is 354 g/mol. The molecule has 0 unspecified atom stereocenters. The van der Waals surface area contributed by atoms with Gasteiger partial charge in [-0.15, -0.1) is 0 Å². The van der Waals surface area contributed by atoms with Crippen LogP contribution in [-0.2, 0) is 28.0 Å². The van der Waals surface area contributed by atoms with E-state index >= 15 is 0 Å². The van der Waals surface area contributed by atoms with E-state index in [1.54, 1.807) is 0 Å². The highest BCUT2D eigenvalue weighted by Gasteiger charge is 2.49. The molecule has 0 saturated carbocycles. The maximum Gasteiger partial charge on any atom is 0.522 e. The van der Waals surface area contributed by atoms with Crippen molar-refractivity contribution in [2.24, 2.45) is 0 Å². The molecule has 0 aliphatic carbocycles. The summed E-state index contributed by atoms with van der Waals surface area (Å²) in [5.74, 6) is 0. The Hall–Kier alpha value is -0.166. The van der Waals surface area contributed by atoms with E-state index in [1.807, 2.05) is 0 Å². The summed E-state index contributed by atoms with van der Waals surface area (Å²) < 4.78 is 117. The molecule has 0 saturated heterocycles. The maximum absolute atomic E-state index is 11.6. The lowest BCUT2D eigenvalue weighted by atomic mass is 11.6. The molecule has 106 valence electrons. The Morgan fingerprint density at radius 1 is 0.667 bits per heavy atom. The van der Waals surface area contributed by atoms with Gasteiger partial charge in [-0.2, -0.15) is 43.2 Å². The van der Waals surface area contributed by atoms with Crippen molar-refractivity contribution in [1.82, 2.24) is 0 Å². The van der Waals surface area contributed by atoms with Crippen molar-refractivity contribution in [2.75, 3.05) is 0 Å². The smallest absolute Gasteiger partial charge is 0.310 e. The molecular formula is C2F6O6S2Si2. The van der Waals surface area contributed by atoms with Crippen molar-refractivity contribution in [3.05, 3.63) is 0 Å². The van der Waals surface area contributed by atoms with Crippen LogP contribution in [0.25, 0.3) is 0 Å². The first-order chi connectivity index (χ1) is 7.71. The van der Waals surface area contributed by atoms with E-state index in [-0.39, 0.29) is 0 Å². The fourth-order valence-electron chi connectivity index (χ4n) is 0.238. The summed E-state index contributed by atoms with van der Waals surface area (Å²) in [4.78, 5) is 0. The van der Waals surface area contributed by atoms with Gasteiger partial charge in [-0.3, -0.25) is 0 Å². The second-order valence-corrected chi connectivity index (χ2v) is 7.88. The van der Waals surface area contributed by atoms with Crippen LogP contribution in [0.3, 0.4) is 0 Å². The normalized spacial score (nSPS) is 14.8. The molecule has 16 heteroatoms. The SMILES string of the molecule is O=S(=O)(O[Si][Si]OS(=O)(=O)C(F)(F)F)C(F)(F)F. The van der Waals surface area contributed by atoms with Gasteiger partial charge in [0.05, 0.1) is 0 Å². The lowest BCUT2D eigenvalue weighted by molar-refractivity contribution is -0.0507. The van der Waals surface area contributed by atoms with Crippen LogP contribution in [0.1, 0.15) is 0 Å². The van der Waals surface area contributed by atoms with E-state index in [9.17, 15) is 43.2 Å². The number of hydrogen-bond acceptors (Lipinski definition) is 6. The van der Waals surface area contributed by atoms with E-state index in [0.717, 1.165) is 0 Å². The van der Waals surface area contributed by atoms with Gasteiger partial charge in [0.2, 0.25) is 0 Å². The Morgan fingerprint density at radius 3 is 1.06 bits per heavy atom. The minimum Gasteiger partial charge on any atom is -0.310 e. The lowest BCUT2D eigenvalue weighted by Gasteiger charge is -2.08. The van der Waals surface area contributed by atoms with Gasteiger partial charge in [0.15, 0.2) is 0 Å². The first-order valence-electron chi connectivity index (χ1n) is 3.20. The standard InChI is InChI=1S/C2F6O6S2Si2/c3-1(4,5)15(9,10)13-17-18-14-16(11,12)2(6,7)8. The molecule has 0 bridgehead atoms. The molecule has 0 N–H and O–H groups in total. The van der Waals surface area contributed by atoms with Gasteiger partial charge >= 0.3 is 31.3 Å². The zero-order valence-electron chi connectivity index (χ0n) is 7.53. The zero-order valence-corrected chi connectivity index (χ0v) is 11.2. The van der Waals surface area contributed by atoms with Crippen LogP contribution in [0.4, 0.5) is 26.3 Å². The predicted molar refractivity (Wildman–Crippen MR) is 43.6 cm³/mol. The third kappa shape index (κ3) is 4.84. The highest BCUT2D eigenvalue weighted by molar-refractivity contribution is 7.89. The summed E-state index contributed by atoms with van der Waals surface area (Å²) in [6.45, 7) is 0. The molecule has 6 nitrogen and oxygen atoms in total. The van der Waals surface area contributed by atoms with Crippen LogP contribution in [0.2, 0.25) is 0 Å². The van der Waals surface area contributed by atoms with Gasteiger partial charge in [0.25, 0.3) is 18.6 Å². The number of halogens is 6. The maximum atomic E-state index is 11.6. The second-order valence-electron chi connectivity index (χ2n) is 2.17. The van der Waals surface area contributed by atoms with Crippen molar-refractivity contribution in [2.45, 2.75) is 11.0 Å². The quantitative estimate of drug-likeness (QED) is 0.296. The van der Waals surface area contributed by atoms with Crippen LogP contribution in [0, 0.1) is 0 Å². The summed E-state index contributed by atoms with van der Waals surface area (Å²) >= 11 is 0.